The highest BCUT2D eigenvalue weighted by atomic mass is 79.9. The van der Waals surface area contributed by atoms with Gasteiger partial charge < -0.3 is 19.9 Å². The fourth-order valence-electron chi connectivity index (χ4n) is 1.56. The minimum Gasteiger partial charge on any atom is -0.493 e. The summed E-state index contributed by atoms with van der Waals surface area (Å²) in [5, 5.41) is 0. The summed E-state index contributed by atoms with van der Waals surface area (Å²) in [7, 11) is 1.66. The lowest BCUT2D eigenvalue weighted by molar-refractivity contribution is 0.0644. The summed E-state index contributed by atoms with van der Waals surface area (Å²) in [5.74, 6) is 0.841. The molecule has 0 bridgehead atoms. The minimum atomic E-state index is 0.0117. The van der Waals surface area contributed by atoms with Crippen molar-refractivity contribution < 1.29 is 14.2 Å². The van der Waals surface area contributed by atoms with E-state index in [1.54, 1.807) is 7.11 Å². The smallest absolute Gasteiger partial charge is 0.120 e. The third-order valence-corrected chi connectivity index (χ3v) is 3.28. The van der Waals surface area contributed by atoms with Crippen LogP contribution in [0.5, 0.6) is 5.75 Å². The Hall–Kier alpha value is -0.620. The normalized spacial score (nSPS) is 12.4. The minimum absolute atomic E-state index is 0.0117. The first-order valence-electron chi connectivity index (χ1n) is 6.39. The van der Waals surface area contributed by atoms with Crippen molar-refractivity contribution in [3.8, 4) is 5.75 Å². The Morgan fingerprint density at radius 2 is 2.00 bits per heavy atom. The number of methoxy groups -OCH3 is 1. The summed E-state index contributed by atoms with van der Waals surface area (Å²) < 4.78 is 16.9. The van der Waals surface area contributed by atoms with Crippen LogP contribution in [0, 0.1) is 0 Å². The summed E-state index contributed by atoms with van der Waals surface area (Å²) in [5.41, 5.74) is 6.93. The van der Waals surface area contributed by atoms with Gasteiger partial charge in [0.25, 0.3) is 0 Å². The molecule has 0 saturated carbocycles. The first-order valence-corrected chi connectivity index (χ1v) is 7.19. The first kappa shape index (κ1) is 16.4. The molecule has 4 nitrogen and oxygen atoms in total. The van der Waals surface area contributed by atoms with E-state index in [1.165, 1.54) is 0 Å². The zero-order valence-corrected chi connectivity index (χ0v) is 13.1. The molecule has 2 N–H and O–H groups in total. The molecule has 19 heavy (non-hydrogen) atoms. The quantitative estimate of drug-likeness (QED) is 0.707. The van der Waals surface area contributed by atoms with Crippen LogP contribution < -0.4 is 10.5 Å². The molecule has 0 radical (unpaired) electrons. The molecular weight excluding hydrogens is 310 g/mol. The van der Waals surface area contributed by atoms with E-state index in [9.17, 15) is 0 Å². The summed E-state index contributed by atoms with van der Waals surface area (Å²) in [6, 6.07) is 5.89. The van der Waals surface area contributed by atoms with Crippen LogP contribution in [0.3, 0.4) is 0 Å². The molecule has 0 aromatic heterocycles. The lowest BCUT2D eigenvalue weighted by Gasteiger charge is -2.11. The molecule has 1 rings (SSSR count). The second kappa shape index (κ2) is 9.31. The third kappa shape index (κ3) is 6.38. The summed E-state index contributed by atoms with van der Waals surface area (Å²) in [4.78, 5) is 0. The van der Waals surface area contributed by atoms with Crippen molar-refractivity contribution in [2.75, 3.05) is 33.5 Å². The molecule has 0 fully saturated rings. The molecule has 0 amide bonds. The lowest BCUT2D eigenvalue weighted by Crippen LogP contribution is -2.08. The van der Waals surface area contributed by atoms with Gasteiger partial charge in [0.05, 0.1) is 19.8 Å². The van der Waals surface area contributed by atoms with E-state index >= 15 is 0 Å². The van der Waals surface area contributed by atoms with Crippen molar-refractivity contribution in [3.63, 3.8) is 0 Å². The topological polar surface area (TPSA) is 53.7 Å². The lowest BCUT2D eigenvalue weighted by atomic mass is 10.1. The summed E-state index contributed by atoms with van der Waals surface area (Å²) >= 11 is 3.50. The van der Waals surface area contributed by atoms with Gasteiger partial charge >= 0.3 is 0 Å². The van der Waals surface area contributed by atoms with Crippen LogP contribution in [0.15, 0.2) is 22.7 Å². The average Bonchev–Trinajstić information content (AvgIpc) is 2.37. The van der Waals surface area contributed by atoms with Crippen LogP contribution >= 0.6 is 15.9 Å². The molecule has 5 heteroatoms. The maximum absolute atomic E-state index is 5.85. The van der Waals surface area contributed by atoms with Gasteiger partial charge in [-0.15, -0.1) is 0 Å². The van der Waals surface area contributed by atoms with Crippen LogP contribution in [-0.2, 0) is 9.47 Å². The van der Waals surface area contributed by atoms with E-state index in [4.69, 9.17) is 19.9 Å². The Morgan fingerprint density at radius 1 is 1.21 bits per heavy atom. The van der Waals surface area contributed by atoms with Crippen molar-refractivity contribution in [2.45, 2.75) is 19.4 Å². The van der Waals surface area contributed by atoms with Gasteiger partial charge in [0.15, 0.2) is 0 Å². The Labute approximate surface area is 123 Å². The molecule has 0 saturated heterocycles. The van der Waals surface area contributed by atoms with Gasteiger partial charge in [0.2, 0.25) is 0 Å². The van der Waals surface area contributed by atoms with E-state index < -0.39 is 0 Å². The standard InChI is InChI=1S/C14H22BrNO3/c1-11(16)13-5-4-12(10-14(13)15)19-7-3-6-18-9-8-17-2/h4-5,10-11H,3,6-9,16H2,1-2H3. The highest BCUT2D eigenvalue weighted by Gasteiger charge is 2.06. The van der Waals surface area contributed by atoms with Crippen molar-refractivity contribution in [1.82, 2.24) is 0 Å². The van der Waals surface area contributed by atoms with Crippen LogP contribution in [0.1, 0.15) is 24.9 Å². The molecule has 1 unspecified atom stereocenters. The largest absolute Gasteiger partial charge is 0.493 e. The molecular formula is C14H22BrNO3. The van der Waals surface area contributed by atoms with E-state index in [-0.39, 0.29) is 6.04 Å². The van der Waals surface area contributed by atoms with Gasteiger partial charge in [-0.1, -0.05) is 22.0 Å². The Bertz CT molecular complexity index is 372. The Kier molecular flexibility index (Phi) is 8.05. The van der Waals surface area contributed by atoms with E-state index in [2.05, 4.69) is 15.9 Å². The number of ether oxygens (including phenoxy) is 3. The summed E-state index contributed by atoms with van der Waals surface area (Å²) in [6.07, 6.45) is 0.858. The molecule has 0 spiro atoms. The third-order valence-electron chi connectivity index (χ3n) is 2.60. The number of nitrogens with two attached hydrogens (primary N) is 1. The van der Waals surface area contributed by atoms with Gasteiger partial charge in [0.1, 0.15) is 5.75 Å². The first-order chi connectivity index (χ1) is 9.15. The van der Waals surface area contributed by atoms with E-state index in [1.807, 2.05) is 25.1 Å². The second-order valence-corrected chi connectivity index (χ2v) is 5.13. The monoisotopic (exact) mass is 331 g/mol. The van der Waals surface area contributed by atoms with Crippen molar-refractivity contribution in [1.29, 1.82) is 0 Å². The molecule has 108 valence electrons. The fraction of sp³-hybridized carbons (Fsp3) is 0.571. The molecule has 1 aromatic carbocycles. The zero-order chi connectivity index (χ0) is 14.1. The highest BCUT2D eigenvalue weighted by Crippen LogP contribution is 2.26. The van der Waals surface area contributed by atoms with Crippen molar-refractivity contribution in [2.24, 2.45) is 5.73 Å². The van der Waals surface area contributed by atoms with Crippen molar-refractivity contribution >= 4 is 15.9 Å². The predicted octanol–water partition coefficient (Wildman–Crippen LogP) is 2.90. The maximum Gasteiger partial charge on any atom is 0.120 e. The Balaban J connectivity index is 2.25. The molecule has 1 aromatic rings. The number of halogens is 1. The van der Waals surface area contributed by atoms with Crippen molar-refractivity contribution in [3.05, 3.63) is 28.2 Å². The van der Waals surface area contributed by atoms with Crippen LogP contribution in [0.2, 0.25) is 0 Å². The predicted molar refractivity (Wildman–Crippen MR) is 79.6 cm³/mol. The van der Waals surface area contributed by atoms with Gasteiger partial charge in [-0.3, -0.25) is 0 Å². The molecule has 0 aliphatic rings. The van der Waals surface area contributed by atoms with Crippen LogP contribution in [0.4, 0.5) is 0 Å². The SMILES string of the molecule is COCCOCCCOc1ccc(C(C)N)c(Br)c1. The number of hydrogen-bond acceptors (Lipinski definition) is 4. The van der Waals surface area contributed by atoms with E-state index in [0.717, 1.165) is 22.2 Å². The summed E-state index contributed by atoms with van der Waals surface area (Å²) in [6.45, 7) is 4.54. The average molecular weight is 332 g/mol. The maximum atomic E-state index is 5.85. The molecule has 1 atom stereocenters. The van der Waals surface area contributed by atoms with Gasteiger partial charge in [-0.25, -0.2) is 0 Å². The molecule has 0 heterocycles. The molecule has 0 aliphatic heterocycles. The molecule has 0 aliphatic carbocycles. The Morgan fingerprint density at radius 3 is 2.63 bits per heavy atom. The fourth-order valence-corrected chi connectivity index (χ4v) is 2.28. The van der Waals surface area contributed by atoms with Crippen LogP contribution in [-0.4, -0.2) is 33.5 Å². The highest BCUT2D eigenvalue weighted by molar-refractivity contribution is 9.10. The van der Waals surface area contributed by atoms with E-state index in [0.29, 0.717) is 26.4 Å². The number of hydrogen-bond donors (Lipinski definition) is 1. The number of rotatable bonds is 9. The second-order valence-electron chi connectivity index (χ2n) is 4.28. The van der Waals surface area contributed by atoms with Crippen LogP contribution in [0.25, 0.3) is 0 Å². The van der Waals surface area contributed by atoms with Gasteiger partial charge in [-0.05, 0) is 24.6 Å². The zero-order valence-electron chi connectivity index (χ0n) is 11.5. The van der Waals surface area contributed by atoms with Gasteiger partial charge in [0, 0.05) is 30.7 Å². The number of benzene rings is 1. The van der Waals surface area contributed by atoms with Gasteiger partial charge in [-0.2, -0.15) is 0 Å².